The predicted molar refractivity (Wildman–Crippen MR) is 70.5 cm³/mol. The predicted octanol–water partition coefficient (Wildman–Crippen LogP) is 1.83. The number of likely N-dealkylation sites (N-methyl/N-ethyl adjacent to an activating group) is 1. The van der Waals surface area contributed by atoms with Crippen LogP contribution in [0.3, 0.4) is 0 Å². The number of rotatable bonds is 8. The van der Waals surface area contributed by atoms with E-state index in [0.29, 0.717) is 38.3 Å². The molecule has 0 heterocycles. The lowest BCUT2D eigenvalue weighted by molar-refractivity contribution is -0.131. The van der Waals surface area contributed by atoms with E-state index in [1.54, 1.807) is 17.0 Å². The zero-order valence-corrected chi connectivity index (χ0v) is 11.1. The summed E-state index contributed by atoms with van der Waals surface area (Å²) in [6, 6.07) is 5.78. The fourth-order valence-electron chi connectivity index (χ4n) is 1.68. The number of nitrogens with zero attached hydrogens (tertiary/aromatic N) is 1. The lowest BCUT2D eigenvalue weighted by Gasteiger charge is -2.19. The van der Waals surface area contributed by atoms with E-state index < -0.39 is 0 Å². The summed E-state index contributed by atoms with van der Waals surface area (Å²) in [6.07, 6.45) is 0.979. The Morgan fingerprint density at radius 2 is 2.05 bits per heavy atom. The van der Waals surface area contributed by atoms with Crippen molar-refractivity contribution in [2.24, 2.45) is 0 Å². The van der Waals surface area contributed by atoms with Gasteiger partial charge in [0.05, 0.1) is 13.2 Å². The van der Waals surface area contributed by atoms with Crippen LogP contribution in [-0.2, 0) is 4.79 Å². The number of hydrogen-bond acceptors (Lipinski definition) is 3. The molecule has 0 radical (unpaired) electrons. The standard InChI is InChI=1S/C14H20FNO3/c1-2-16(9-10-17)14(18)4-3-11-19-13-7-5-12(15)6-8-13/h5-8,17H,2-4,9-11H2,1H3. The number of carbonyl (C=O) groups is 1. The molecular weight excluding hydrogens is 249 g/mol. The molecular formula is C14H20FNO3. The van der Waals surface area contributed by atoms with Crippen LogP contribution >= 0.6 is 0 Å². The van der Waals surface area contributed by atoms with E-state index in [4.69, 9.17) is 9.84 Å². The van der Waals surface area contributed by atoms with E-state index in [9.17, 15) is 9.18 Å². The second-order valence-corrected chi connectivity index (χ2v) is 4.10. The van der Waals surface area contributed by atoms with Crippen molar-refractivity contribution in [1.29, 1.82) is 0 Å². The van der Waals surface area contributed by atoms with E-state index in [1.165, 1.54) is 12.1 Å². The van der Waals surface area contributed by atoms with Gasteiger partial charge in [-0.2, -0.15) is 0 Å². The zero-order chi connectivity index (χ0) is 14.1. The number of hydrogen-bond donors (Lipinski definition) is 1. The number of aliphatic hydroxyl groups is 1. The Kier molecular flexibility index (Phi) is 6.89. The monoisotopic (exact) mass is 269 g/mol. The highest BCUT2D eigenvalue weighted by Crippen LogP contribution is 2.11. The Balaban J connectivity index is 2.23. The first-order valence-electron chi connectivity index (χ1n) is 6.44. The quantitative estimate of drug-likeness (QED) is 0.732. The summed E-state index contributed by atoms with van der Waals surface area (Å²) in [4.78, 5) is 13.3. The molecule has 0 saturated heterocycles. The lowest BCUT2D eigenvalue weighted by atomic mass is 10.3. The second-order valence-electron chi connectivity index (χ2n) is 4.10. The molecule has 0 aliphatic carbocycles. The number of halogens is 1. The van der Waals surface area contributed by atoms with Gasteiger partial charge in [-0.25, -0.2) is 4.39 Å². The van der Waals surface area contributed by atoms with E-state index in [-0.39, 0.29) is 18.3 Å². The van der Waals surface area contributed by atoms with Gasteiger partial charge in [0, 0.05) is 19.5 Å². The fraction of sp³-hybridized carbons (Fsp3) is 0.500. The molecule has 19 heavy (non-hydrogen) atoms. The molecule has 0 aliphatic heterocycles. The topological polar surface area (TPSA) is 49.8 Å². The zero-order valence-electron chi connectivity index (χ0n) is 11.1. The Morgan fingerprint density at radius 1 is 1.37 bits per heavy atom. The summed E-state index contributed by atoms with van der Waals surface area (Å²) < 4.78 is 18.1. The smallest absolute Gasteiger partial charge is 0.222 e. The first-order valence-corrected chi connectivity index (χ1v) is 6.44. The summed E-state index contributed by atoms with van der Waals surface area (Å²) in [5.74, 6) is 0.306. The molecule has 0 atom stereocenters. The fourth-order valence-corrected chi connectivity index (χ4v) is 1.68. The highest BCUT2D eigenvalue weighted by Gasteiger charge is 2.10. The van der Waals surface area contributed by atoms with Crippen LogP contribution in [0.25, 0.3) is 0 Å². The first kappa shape index (κ1) is 15.4. The molecule has 1 aromatic carbocycles. The van der Waals surface area contributed by atoms with E-state index in [1.807, 2.05) is 6.92 Å². The maximum Gasteiger partial charge on any atom is 0.222 e. The van der Waals surface area contributed by atoms with Crippen LogP contribution in [0, 0.1) is 5.82 Å². The van der Waals surface area contributed by atoms with Crippen molar-refractivity contribution in [3.8, 4) is 5.75 Å². The van der Waals surface area contributed by atoms with Gasteiger partial charge in [-0.05, 0) is 37.6 Å². The summed E-state index contributed by atoms with van der Waals surface area (Å²) in [5, 5.41) is 8.81. The molecule has 0 unspecified atom stereocenters. The van der Waals surface area contributed by atoms with Crippen molar-refractivity contribution in [3.63, 3.8) is 0 Å². The van der Waals surface area contributed by atoms with Crippen LogP contribution in [-0.4, -0.2) is 42.2 Å². The minimum atomic E-state index is -0.301. The van der Waals surface area contributed by atoms with Gasteiger partial charge in [0.15, 0.2) is 0 Å². The molecule has 0 aromatic heterocycles. The average molecular weight is 269 g/mol. The SMILES string of the molecule is CCN(CCO)C(=O)CCCOc1ccc(F)cc1. The maximum atomic E-state index is 12.7. The summed E-state index contributed by atoms with van der Waals surface area (Å²) in [5.41, 5.74) is 0. The Morgan fingerprint density at radius 3 is 2.63 bits per heavy atom. The van der Waals surface area contributed by atoms with Gasteiger partial charge in [0.25, 0.3) is 0 Å². The molecule has 5 heteroatoms. The van der Waals surface area contributed by atoms with Gasteiger partial charge in [0.2, 0.25) is 5.91 Å². The molecule has 1 aromatic rings. The van der Waals surface area contributed by atoms with Gasteiger partial charge < -0.3 is 14.7 Å². The van der Waals surface area contributed by atoms with Crippen molar-refractivity contribution >= 4 is 5.91 Å². The third-order valence-corrected chi connectivity index (χ3v) is 2.72. The lowest BCUT2D eigenvalue weighted by Crippen LogP contribution is -2.33. The molecule has 1 amide bonds. The molecule has 0 fully saturated rings. The second kappa shape index (κ2) is 8.48. The minimum Gasteiger partial charge on any atom is -0.494 e. The van der Waals surface area contributed by atoms with Crippen molar-refractivity contribution < 1.29 is 19.0 Å². The number of aliphatic hydroxyl groups excluding tert-OH is 1. The molecule has 4 nitrogen and oxygen atoms in total. The van der Waals surface area contributed by atoms with Crippen LogP contribution < -0.4 is 4.74 Å². The van der Waals surface area contributed by atoms with Gasteiger partial charge in [-0.1, -0.05) is 0 Å². The van der Waals surface area contributed by atoms with Gasteiger partial charge in [0.1, 0.15) is 11.6 Å². The van der Waals surface area contributed by atoms with E-state index >= 15 is 0 Å². The third kappa shape index (κ3) is 5.70. The minimum absolute atomic E-state index is 0.0132. The molecule has 0 saturated carbocycles. The highest BCUT2D eigenvalue weighted by molar-refractivity contribution is 5.76. The van der Waals surface area contributed by atoms with E-state index in [0.717, 1.165) is 0 Å². The third-order valence-electron chi connectivity index (χ3n) is 2.72. The van der Waals surface area contributed by atoms with E-state index in [2.05, 4.69) is 0 Å². The molecule has 1 rings (SSSR count). The van der Waals surface area contributed by atoms with Gasteiger partial charge in [-0.3, -0.25) is 4.79 Å². The summed E-state index contributed by atoms with van der Waals surface area (Å²) in [6.45, 7) is 3.23. The van der Waals surface area contributed by atoms with Crippen LogP contribution in [0.4, 0.5) is 4.39 Å². The number of ether oxygens (including phenoxy) is 1. The van der Waals surface area contributed by atoms with Crippen LogP contribution in [0.2, 0.25) is 0 Å². The van der Waals surface area contributed by atoms with Crippen LogP contribution in [0.1, 0.15) is 19.8 Å². The Labute approximate surface area is 112 Å². The van der Waals surface area contributed by atoms with Crippen molar-refractivity contribution in [1.82, 2.24) is 4.90 Å². The van der Waals surface area contributed by atoms with Gasteiger partial charge >= 0.3 is 0 Å². The largest absolute Gasteiger partial charge is 0.494 e. The molecule has 0 spiro atoms. The van der Waals surface area contributed by atoms with Crippen LogP contribution in [0.5, 0.6) is 5.75 Å². The number of benzene rings is 1. The Hall–Kier alpha value is -1.62. The average Bonchev–Trinajstić information content (AvgIpc) is 2.42. The normalized spacial score (nSPS) is 10.3. The summed E-state index contributed by atoms with van der Waals surface area (Å²) in [7, 11) is 0. The Bertz CT molecular complexity index is 381. The van der Waals surface area contributed by atoms with Crippen molar-refractivity contribution in [2.75, 3.05) is 26.3 Å². The maximum absolute atomic E-state index is 12.7. The van der Waals surface area contributed by atoms with Gasteiger partial charge in [-0.15, -0.1) is 0 Å². The highest BCUT2D eigenvalue weighted by atomic mass is 19.1. The number of carbonyl (C=O) groups excluding carboxylic acids is 1. The molecule has 1 N–H and O–H groups in total. The molecule has 0 aliphatic rings. The number of amides is 1. The molecule has 106 valence electrons. The van der Waals surface area contributed by atoms with Crippen molar-refractivity contribution in [3.05, 3.63) is 30.1 Å². The first-order chi connectivity index (χ1) is 9.17. The molecule has 0 bridgehead atoms. The summed E-state index contributed by atoms with van der Waals surface area (Å²) >= 11 is 0. The van der Waals surface area contributed by atoms with Crippen molar-refractivity contribution in [2.45, 2.75) is 19.8 Å². The van der Waals surface area contributed by atoms with Crippen LogP contribution in [0.15, 0.2) is 24.3 Å².